The van der Waals surface area contributed by atoms with Crippen molar-refractivity contribution in [2.45, 2.75) is 38.5 Å². The Morgan fingerprint density at radius 3 is 2.13 bits per heavy atom. The Hall–Kier alpha value is -2.63. The maximum Gasteiger partial charge on any atom is 0.408 e. The highest BCUT2D eigenvalue weighted by molar-refractivity contribution is 7.11. The van der Waals surface area contributed by atoms with Gasteiger partial charge in [-0.25, -0.2) is 4.79 Å². The van der Waals surface area contributed by atoms with Gasteiger partial charge in [-0.05, 0) is 43.0 Å². The molecule has 0 atom stereocenters. The number of hydrogen-bond acceptors (Lipinski definition) is 4. The third kappa shape index (κ3) is 5.49. The number of ether oxygens (including phenoxy) is 1. The molecule has 0 saturated carbocycles. The summed E-state index contributed by atoms with van der Waals surface area (Å²) in [4.78, 5) is 17.9. The monoisotopic (exact) mass is 420 g/mol. The molecule has 2 aromatic carbocycles. The van der Waals surface area contributed by atoms with Crippen molar-refractivity contribution in [3.8, 4) is 0 Å². The van der Waals surface area contributed by atoms with Crippen molar-refractivity contribution < 1.29 is 9.53 Å². The van der Waals surface area contributed by atoms with Gasteiger partial charge in [-0.15, -0.1) is 11.3 Å². The fraction of sp³-hybridized carbons (Fsp3) is 0.320. The molecule has 1 aromatic heterocycles. The van der Waals surface area contributed by atoms with Gasteiger partial charge in [-0.2, -0.15) is 0 Å². The Morgan fingerprint density at radius 2 is 1.60 bits per heavy atom. The Labute approximate surface area is 182 Å². The van der Waals surface area contributed by atoms with Gasteiger partial charge in [0, 0.05) is 29.4 Å². The summed E-state index contributed by atoms with van der Waals surface area (Å²) in [7, 11) is 0. The third-order valence-corrected chi connectivity index (χ3v) is 6.50. The molecule has 156 valence electrons. The molecule has 1 aliphatic heterocycles. The van der Waals surface area contributed by atoms with E-state index in [2.05, 4.69) is 29.3 Å². The molecule has 1 fully saturated rings. The van der Waals surface area contributed by atoms with E-state index in [0.717, 1.165) is 43.6 Å². The zero-order chi connectivity index (χ0) is 20.8. The highest BCUT2D eigenvalue weighted by atomic mass is 32.1. The number of nitrogens with one attached hydrogen (secondary N) is 1. The molecule has 1 amide bonds. The van der Waals surface area contributed by atoms with E-state index in [0.29, 0.717) is 0 Å². The Balaban J connectivity index is 1.32. The minimum atomic E-state index is -0.347. The summed E-state index contributed by atoms with van der Waals surface area (Å²) in [5, 5.41) is 3.08. The lowest BCUT2D eigenvalue weighted by atomic mass is 9.99. The first-order chi connectivity index (χ1) is 14.7. The van der Waals surface area contributed by atoms with Crippen molar-refractivity contribution >= 4 is 17.4 Å². The fourth-order valence-corrected chi connectivity index (χ4v) is 4.86. The minimum absolute atomic E-state index is 0.0291. The summed E-state index contributed by atoms with van der Waals surface area (Å²) < 4.78 is 5.79. The Morgan fingerprint density at radius 1 is 1.00 bits per heavy atom. The maximum absolute atomic E-state index is 12.7. The minimum Gasteiger partial charge on any atom is -0.446 e. The molecule has 0 spiro atoms. The van der Waals surface area contributed by atoms with Crippen molar-refractivity contribution in [3.05, 3.63) is 93.7 Å². The highest BCUT2D eigenvalue weighted by Crippen LogP contribution is 2.24. The summed E-state index contributed by atoms with van der Waals surface area (Å²) in [6.07, 6.45) is 1.37. The van der Waals surface area contributed by atoms with Gasteiger partial charge in [-0.1, -0.05) is 60.7 Å². The van der Waals surface area contributed by atoms with Crippen LogP contribution in [0.15, 0.2) is 72.8 Å². The molecule has 1 aliphatic rings. The number of amides is 1. The maximum atomic E-state index is 12.7. The van der Waals surface area contributed by atoms with E-state index in [9.17, 15) is 4.79 Å². The second kappa shape index (κ2) is 9.92. The van der Waals surface area contributed by atoms with Crippen LogP contribution in [0, 0.1) is 6.92 Å². The largest absolute Gasteiger partial charge is 0.446 e. The molecule has 3 aromatic rings. The van der Waals surface area contributed by atoms with Crippen molar-refractivity contribution in [2.75, 3.05) is 13.1 Å². The molecule has 0 unspecified atom stereocenters. The first-order valence-corrected chi connectivity index (χ1v) is 11.3. The van der Waals surface area contributed by atoms with Gasteiger partial charge in [0.25, 0.3) is 0 Å². The number of piperidine rings is 1. The quantitative estimate of drug-likeness (QED) is 0.569. The predicted octanol–water partition coefficient (Wildman–Crippen LogP) is 5.54. The molecular formula is C25H28N2O2S. The number of hydrogen-bond donors (Lipinski definition) is 1. The van der Waals surface area contributed by atoms with E-state index < -0.39 is 0 Å². The van der Waals surface area contributed by atoms with Crippen molar-refractivity contribution in [1.29, 1.82) is 0 Å². The number of rotatable bonds is 6. The lowest BCUT2D eigenvalue weighted by Gasteiger charge is -2.31. The molecule has 0 aliphatic carbocycles. The van der Waals surface area contributed by atoms with Gasteiger partial charge in [0.15, 0.2) is 0 Å². The number of likely N-dealkylation sites (tertiary alicyclic amines) is 1. The van der Waals surface area contributed by atoms with Crippen LogP contribution >= 0.6 is 11.3 Å². The average molecular weight is 421 g/mol. The van der Waals surface area contributed by atoms with E-state index >= 15 is 0 Å². The van der Waals surface area contributed by atoms with E-state index in [4.69, 9.17) is 4.74 Å². The molecular weight excluding hydrogens is 392 g/mol. The van der Waals surface area contributed by atoms with Crippen LogP contribution in [0.1, 0.15) is 39.8 Å². The fourth-order valence-electron chi connectivity index (χ4n) is 3.93. The zero-order valence-corrected chi connectivity index (χ0v) is 18.1. The number of alkyl carbamates (subject to hydrolysis) is 1. The summed E-state index contributed by atoms with van der Waals surface area (Å²) in [5.74, 6) is 0. The van der Waals surface area contributed by atoms with Crippen molar-refractivity contribution in [1.82, 2.24) is 10.2 Å². The van der Waals surface area contributed by atoms with Gasteiger partial charge in [0.05, 0.1) is 6.04 Å². The van der Waals surface area contributed by atoms with Crippen LogP contribution in [0.2, 0.25) is 0 Å². The number of carbonyl (C=O) groups excluding carboxylic acids is 1. The predicted molar refractivity (Wildman–Crippen MR) is 122 cm³/mol. The lowest BCUT2D eigenvalue weighted by Crippen LogP contribution is -2.39. The zero-order valence-electron chi connectivity index (χ0n) is 17.3. The number of benzene rings is 2. The molecule has 4 rings (SSSR count). The Kier molecular flexibility index (Phi) is 6.82. The smallest absolute Gasteiger partial charge is 0.408 e. The number of thiophene rings is 1. The molecule has 1 saturated heterocycles. The second-order valence-corrected chi connectivity index (χ2v) is 9.16. The standard InChI is InChI=1S/C25H28N2O2S/c1-19-12-13-23(30-19)18-27-16-14-22(15-17-27)29-25(28)26-24(20-8-4-2-5-9-20)21-10-6-3-7-11-21/h2-13,22,24H,14-18H2,1H3,(H,26,28). The van der Waals surface area contributed by atoms with Gasteiger partial charge >= 0.3 is 6.09 Å². The molecule has 0 bridgehead atoms. The van der Waals surface area contributed by atoms with E-state index in [1.165, 1.54) is 9.75 Å². The van der Waals surface area contributed by atoms with Crippen molar-refractivity contribution in [2.24, 2.45) is 0 Å². The molecule has 0 radical (unpaired) electrons. The van der Waals surface area contributed by atoms with Crippen LogP contribution in [-0.2, 0) is 11.3 Å². The van der Waals surface area contributed by atoms with Gasteiger partial charge in [0.2, 0.25) is 0 Å². The summed E-state index contributed by atoms with van der Waals surface area (Å²) in [6, 6.07) is 24.2. The van der Waals surface area contributed by atoms with Gasteiger partial charge < -0.3 is 10.1 Å². The van der Waals surface area contributed by atoms with Crippen LogP contribution in [-0.4, -0.2) is 30.2 Å². The van der Waals surface area contributed by atoms with Crippen LogP contribution in [0.25, 0.3) is 0 Å². The third-order valence-electron chi connectivity index (χ3n) is 5.51. The van der Waals surface area contributed by atoms with Crippen LogP contribution in [0.5, 0.6) is 0 Å². The van der Waals surface area contributed by atoms with Gasteiger partial charge in [-0.3, -0.25) is 4.90 Å². The van der Waals surface area contributed by atoms with E-state index in [-0.39, 0.29) is 18.2 Å². The molecule has 5 heteroatoms. The van der Waals surface area contributed by atoms with Crippen LogP contribution < -0.4 is 5.32 Å². The highest BCUT2D eigenvalue weighted by Gasteiger charge is 2.24. The number of carbonyl (C=O) groups is 1. The van der Waals surface area contributed by atoms with Gasteiger partial charge in [0.1, 0.15) is 6.10 Å². The lowest BCUT2D eigenvalue weighted by molar-refractivity contribution is 0.0479. The second-order valence-electron chi connectivity index (χ2n) is 7.79. The van der Waals surface area contributed by atoms with Crippen LogP contribution in [0.4, 0.5) is 4.79 Å². The molecule has 4 nitrogen and oxygen atoms in total. The van der Waals surface area contributed by atoms with Crippen LogP contribution in [0.3, 0.4) is 0 Å². The first kappa shape index (κ1) is 20.6. The number of aryl methyl sites for hydroxylation is 1. The molecule has 2 heterocycles. The van der Waals surface area contributed by atoms with E-state index in [1.807, 2.05) is 72.0 Å². The van der Waals surface area contributed by atoms with Crippen molar-refractivity contribution in [3.63, 3.8) is 0 Å². The average Bonchev–Trinajstić information content (AvgIpc) is 3.19. The molecule has 1 N–H and O–H groups in total. The number of nitrogens with zero attached hydrogens (tertiary/aromatic N) is 1. The summed E-state index contributed by atoms with van der Waals surface area (Å²) in [6.45, 7) is 5.04. The SMILES string of the molecule is Cc1ccc(CN2CCC(OC(=O)NC(c3ccccc3)c3ccccc3)CC2)s1. The van der Waals surface area contributed by atoms with E-state index in [1.54, 1.807) is 0 Å². The molecule has 30 heavy (non-hydrogen) atoms. The summed E-state index contributed by atoms with van der Waals surface area (Å²) in [5.41, 5.74) is 2.09. The normalized spacial score (nSPS) is 15.3. The first-order valence-electron chi connectivity index (χ1n) is 10.5. The Bertz CT molecular complexity index is 895. The topological polar surface area (TPSA) is 41.6 Å². The summed E-state index contributed by atoms with van der Waals surface area (Å²) >= 11 is 1.86.